The predicted molar refractivity (Wildman–Crippen MR) is 27.7 cm³/mol. The first-order valence-corrected chi connectivity index (χ1v) is 2.43. The maximum absolute atomic E-state index is 4.99. The first kappa shape index (κ1) is 4.65. The van der Waals surface area contributed by atoms with E-state index in [1.54, 1.807) is 6.26 Å². The van der Waals surface area contributed by atoms with E-state index in [2.05, 4.69) is 5.32 Å². The second kappa shape index (κ2) is 1.98. The van der Waals surface area contributed by atoms with Crippen LogP contribution in [0.2, 0.25) is 0 Å². The summed E-state index contributed by atoms with van der Waals surface area (Å²) in [5, 5.41) is 3.07. The minimum atomic E-state index is 0.199. The topological polar surface area (TPSA) is 21.3 Å². The molecule has 1 unspecified atom stereocenters. The van der Waals surface area contributed by atoms with Crippen LogP contribution in [0.4, 0.5) is 0 Å². The van der Waals surface area contributed by atoms with Gasteiger partial charge in [0.2, 0.25) is 0 Å². The van der Waals surface area contributed by atoms with Crippen LogP contribution in [0.1, 0.15) is 6.92 Å². The molecule has 0 saturated heterocycles. The van der Waals surface area contributed by atoms with E-state index in [1.807, 2.05) is 13.0 Å². The van der Waals surface area contributed by atoms with Gasteiger partial charge < -0.3 is 4.74 Å². The molecule has 0 aromatic carbocycles. The number of hydrogen-bond donors (Lipinski definition) is 1. The predicted octanol–water partition coefficient (Wildman–Crippen LogP) is 0.466. The summed E-state index contributed by atoms with van der Waals surface area (Å²) in [6.45, 7) is 2.91. The quantitative estimate of drug-likeness (QED) is 0.476. The number of rotatable bonds is 0. The third kappa shape index (κ3) is 1.20. The van der Waals surface area contributed by atoms with E-state index < -0.39 is 0 Å². The largest absolute Gasteiger partial charge is 0.484 e. The normalized spacial score (nSPS) is 29.6. The van der Waals surface area contributed by atoms with Crippen LogP contribution in [-0.2, 0) is 4.74 Å². The highest BCUT2D eigenvalue weighted by atomic mass is 16.5. The molecule has 0 spiro atoms. The molecule has 2 nitrogen and oxygen atoms in total. The Labute approximate surface area is 43.2 Å². The fraction of sp³-hybridized carbons (Fsp3) is 0.600. The Kier molecular flexibility index (Phi) is 1.32. The average molecular weight is 99.1 g/mol. The highest BCUT2D eigenvalue weighted by Crippen LogP contribution is 1.90. The molecular weight excluding hydrogens is 90.1 g/mol. The van der Waals surface area contributed by atoms with Crippen molar-refractivity contribution in [2.75, 3.05) is 6.54 Å². The smallest absolute Gasteiger partial charge is 0.146 e. The van der Waals surface area contributed by atoms with Crippen LogP contribution in [0.25, 0.3) is 0 Å². The van der Waals surface area contributed by atoms with Gasteiger partial charge in [-0.3, -0.25) is 5.32 Å². The van der Waals surface area contributed by atoms with E-state index in [1.165, 1.54) is 0 Å². The van der Waals surface area contributed by atoms with Crippen molar-refractivity contribution < 1.29 is 4.74 Å². The van der Waals surface area contributed by atoms with Gasteiger partial charge >= 0.3 is 0 Å². The third-order valence-electron chi connectivity index (χ3n) is 0.902. The summed E-state index contributed by atoms with van der Waals surface area (Å²) < 4.78 is 4.99. The molecule has 0 aliphatic carbocycles. The molecule has 0 bridgehead atoms. The van der Waals surface area contributed by atoms with Gasteiger partial charge in [0.25, 0.3) is 0 Å². The van der Waals surface area contributed by atoms with Crippen molar-refractivity contribution in [1.82, 2.24) is 5.32 Å². The van der Waals surface area contributed by atoms with Crippen LogP contribution in [0.5, 0.6) is 0 Å². The van der Waals surface area contributed by atoms with Gasteiger partial charge in [-0.05, 0) is 13.0 Å². The zero-order valence-corrected chi connectivity index (χ0v) is 4.35. The van der Waals surface area contributed by atoms with Crippen LogP contribution in [0.3, 0.4) is 0 Å². The first-order valence-electron chi connectivity index (χ1n) is 2.43. The van der Waals surface area contributed by atoms with E-state index in [-0.39, 0.29) is 6.23 Å². The molecule has 0 aromatic rings. The Balaban J connectivity index is 2.32. The zero-order valence-electron chi connectivity index (χ0n) is 4.35. The standard InChI is InChI=1S/C5H9NO/c1-5-6-3-2-4-7-5/h2,4-6H,3H2,1H3. The molecule has 7 heavy (non-hydrogen) atoms. The Hall–Kier alpha value is -0.500. The molecule has 1 heterocycles. The van der Waals surface area contributed by atoms with Gasteiger partial charge in [0.15, 0.2) is 0 Å². The van der Waals surface area contributed by atoms with Crippen LogP contribution in [0.15, 0.2) is 12.3 Å². The van der Waals surface area contributed by atoms with Gasteiger partial charge in [-0.25, -0.2) is 0 Å². The van der Waals surface area contributed by atoms with E-state index in [4.69, 9.17) is 4.74 Å². The average Bonchev–Trinajstić information content (AvgIpc) is 1.69. The van der Waals surface area contributed by atoms with Crippen molar-refractivity contribution in [3.63, 3.8) is 0 Å². The number of hydrogen-bond acceptors (Lipinski definition) is 2. The third-order valence-corrected chi connectivity index (χ3v) is 0.902. The SMILES string of the molecule is CC1NCC=CO1. The van der Waals surface area contributed by atoms with Crippen molar-refractivity contribution in [3.05, 3.63) is 12.3 Å². The maximum Gasteiger partial charge on any atom is 0.146 e. The van der Waals surface area contributed by atoms with Gasteiger partial charge in [0, 0.05) is 6.54 Å². The molecule has 1 N–H and O–H groups in total. The van der Waals surface area contributed by atoms with Gasteiger partial charge in [0.05, 0.1) is 6.26 Å². The Bertz CT molecular complexity index is 80.1. The summed E-state index contributed by atoms with van der Waals surface area (Å²) in [6.07, 6.45) is 3.87. The second-order valence-corrected chi connectivity index (χ2v) is 1.56. The summed E-state index contributed by atoms with van der Waals surface area (Å²) in [5.74, 6) is 0. The molecule has 0 fully saturated rings. The van der Waals surface area contributed by atoms with Crippen molar-refractivity contribution in [2.45, 2.75) is 13.2 Å². The summed E-state index contributed by atoms with van der Waals surface area (Å²) in [4.78, 5) is 0. The lowest BCUT2D eigenvalue weighted by Crippen LogP contribution is -2.29. The highest BCUT2D eigenvalue weighted by Gasteiger charge is 1.98. The lowest BCUT2D eigenvalue weighted by molar-refractivity contribution is 0.120. The monoisotopic (exact) mass is 99.1 g/mol. The lowest BCUT2D eigenvalue weighted by atomic mass is 10.5. The van der Waals surface area contributed by atoms with E-state index in [0.29, 0.717) is 0 Å². The van der Waals surface area contributed by atoms with E-state index >= 15 is 0 Å². The molecule has 1 aliphatic heterocycles. The van der Waals surface area contributed by atoms with Crippen molar-refractivity contribution in [2.24, 2.45) is 0 Å². The van der Waals surface area contributed by atoms with Gasteiger partial charge in [-0.2, -0.15) is 0 Å². The molecule has 0 saturated carbocycles. The molecule has 2 heteroatoms. The fourth-order valence-electron chi connectivity index (χ4n) is 0.504. The molecule has 0 aromatic heterocycles. The number of ether oxygens (including phenoxy) is 1. The minimum Gasteiger partial charge on any atom is -0.484 e. The lowest BCUT2D eigenvalue weighted by Gasteiger charge is -2.15. The minimum absolute atomic E-state index is 0.199. The summed E-state index contributed by atoms with van der Waals surface area (Å²) in [7, 11) is 0. The Morgan fingerprint density at radius 2 is 2.71 bits per heavy atom. The molecular formula is C5H9NO. The molecule has 1 rings (SSSR count). The van der Waals surface area contributed by atoms with Crippen LogP contribution in [0, 0.1) is 0 Å². The van der Waals surface area contributed by atoms with E-state index in [9.17, 15) is 0 Å². The van der Waals surface area contributed by atoms with Crippen LogP contribution in [-0.4, -0.2) is 12.8 Å². The molecule has 1 aliphatic rings. The Morgan fingerprint density at radius 1 is 1.86 bits per heavy atom. The van der Waals surface area contributed by atoms with Gasteiger partial charge in [-0.1, -0.05) is 0 Å². The van der Waals surface area contributed by atoms with Crippen molar-refractivity contribution >= 4 is 0 Å². The second-order valence-electron chi connectivity index (χ2n) is 1.56. The zero-order chi connectivity index (χ0) is 5.11. The van der Waals surface area contributed by atoms with Gasteiger partial charge in [0.1, 0.15) is 6.23 Å². The summed E-state index contributed by atoms with van der Waals surface area (Å²) in [6, 6.07) is 0. The Morgan fingerprint density at radius 3 is 3.00 bits per heavy atom. The highest BCUT2D eigenvalue weighted by molar-refractivity contribution is 4.81. The molecule has 0 amide bonds. The fourth-order valence-corrected chi connectivity index (χ4v) is 0.504. The molecule has 1 atom stereocenters. The van der Waals surface area contributed by atoms with Crippen LogP contribution < -0.4 is 5.32 Å². The van der Waals surface area contributed by atoms with Gasteiger partial charge in [-0.15, -0.1) is 0 Å². The van der Waals surface area contributed by atoms with Crippen molar-refractivity contribution in [1.29, 1.82) is 0 Å². The number of nitrogens with one attached hydrogen (secondary N) is 1. The molecule has 0 radical (unpaired) electrons. The summed E-state index contributed by atoms with van der Waals surface area (Å²) >= 11 is 0. The van der Waals surface area contributed by atoms with Crippen molar-refractivity contribution in [3.8, 4) is 0 Å². The first-order chi connectivity index (χ1) is 3.39. The van der Waals surface area contributed by atoms with Crippen LogP contribution >= 0.6 is 0 Å². The van der Waals surface area contributed by atoms with E-state index in [0.717, 1.165) is 6.54 Å². The summed E-state index contributed by atoms with van der Waals surface area (Å²) in [5.41, 5.74) is 0. The molecule has 40 valence electrons. The maximum atomic E-state index is 4.99.